The number of aromatic nitrogens is 2. The second-order valence-electron chi connectivity index (χ2n) is 8.55. The monoisotopic (exact) mass is 442 g/mol. The van der Waals surface area contributed by atoms with Crippen molar-refractivity contribution >= 4 is 23.6 Å². The van der Waals surface area contributed by atoms with Crippen LogP contribution in [-0.2, 0) is 16.1 Å². The van der Waals surface area contributed by atoms with Gasteiger partial charge in [-0.1, -0.05) is 43.2 Å². The van der Waals surface area contributed by atoms with Crippen LogP contribution < -0.4 is 10.6 Å². The van der Waals surface area contributed by atoms with E-state index in [1.807, 2.05) is 79.2 Å². The Morgan fingerprint density at radius 2 is 1.82 bits per heavy atom. The number of anilines is 1. The molecular formula is C27H30N4O2. The molecule has 1 aliphatic rings. The van der Waals surface area contributed by atoms with Crippen molar-refractivity contribution < 1.29 is 9.59 Å². The number of hydrogen-bond donors (Lipinski definition) is 2. The number of para-hydroxylation sites is 1. The lowest BCUT2D eigenvalue weighted by atomic mass is 10.1. The minimum absolute atomic E-state index is 0.0957. The molecule has 2 aromatic carbocycles. The summed E-state index contributed by atoms with van der Waals surface area (Å²) >= 11 is 0. The van der Waals surface area contributed by atoms with E-state index in [0.717, 1.165) is 59.6 Å². The molecule has 3 aromatic rings. The topological polar surface area (TPSA) is 76.0 Å². The number of carbonyl (C=O) groups excluding carboxylic acids is 2. The van der Waals surface area contributed by atoms with Crippen LogP contribution in [0, 0.1) is 19.8 Å². The lowest BCUT2D eigenvalue weighted by molar-refractivity contribution is -0.119. The summed E-state index contributed by atoms with van der Waals surface area (Å²) in [6.07, 6.45) is 7.55. The first-order valence-electron chi connectivity index (χ1n) is 11.5. The van der Waals surface area contributed by atoms with Gasteiger partial charge in [-0.3, -0.25) is 9.59 Å². The Morgan fingerprint density at radius 3 is 2.58 bits per heavy atom. The van der Waals surface area contributed by atoms with Gasteiger partial charge in [-0.05, 0) is 62.6 Å². The van der Waals surface area contributed by atoms with E-state index in [0.29, 0.717) is 6.54 Å². The molecule has 0 unspecified atom stereocenters. The van der Waals surface area contributed by atoms with E-state index >= 15 is 0 Å². The number of nitrogens with one attached hydrogen (secondary N) is 2. The van der Waals surface area contributed by atoms with Crippen LogP contribution in [0.2, 0.25) is 0 Å². The molecule has 0 aliphatic heterocycles. The maximum Gasteiger partial charge on any atom is 0.244 e. The molecule has 1 aliphatic carbocycles. The van der Waals surface area contributed by atoms with Gasteiger partial charge in [-0.25, -0.2) is 4.68 Å². The third kappa shape index (κ3) is 5.58. The molecule has 0 radical (unpaired) electrons. The number of benzene rings is 2. The molecule has 1 heterocycles. The largest absolute Gasteiger partial charge is 0.348 e. The number of amides is 2. The Morgan fingerprint density at radius 1 is 1.06 bits per heavy atom. The van der Waals surface area contributed by atoms with Crippen molar-refractivity contribution in [2.24, 2.45) is 5.92 Å². The zero-order chi connectivity index (χ0) is 23.2. The highest BCUT2D eigenvalue weighted by atomic mass is 16.2. The predicted molar refractivity (Wildman–Crippen MR) is 131 cm³/mol. The summed E-state index contributed by atoms with van der Waals surface area (Å²) < 4.78 is 1.89. The molecule has 6 heteroatoms. The molecule has 0 saturated heterocycles. The van der Waals surface area contributed by atoms with Crippen molar-refractivity contribution in [1.29, 1.82) is 0 Å². The van der Waals surface area contributed by atoms with E-state index < -0.39 is 0 Å². The molecule has 4 rings (SSSR count). The first-order chi connectivity index (χ1) is 16.0. The number of aryl methyl sites for hydroxylation is 1. The molecule has 170 valence electrons. The van der Waals surface area contributed by atoms with E-state index in [1.165, 1.54) is 6.08 Å². The third-order valence-corrected chi connectivity index (χ3v) is 6.14. The van der Waals surface area contributed by atoms with Crippen molar-refractivity contribution in [3.63, 3.8) is 0 Å². The number of nitrogens with zero attached hydrogens (tertiary/aromatic N) is 2. The number of carbonyl (C=O) groups is 2. The van der Waals surface area contributed by atoms with Gasteiger partial charge in [-0.2, -0.15) is 5.10 Å². The fourth-order valence-corrected chi connectivity index (χ4v) is 4.32. The van der Waals surface area contributed by atoms with Crippen molar-refractivity contribution in [2.75, 3.05) is 5.32 Å². The average molecular weight is 443 g/mol. The number of hydrogen-bond acceptors (Lipinski definition) is 3. The van der Waals surface area contributed by atoms with Gasteiger partial charge >= 0.3 is 0 Å². The Labute approximate surface area is 194 Å². The molecule has 2 amide bonds. The van der Waals surface area contributed by atoms with E-state index in [-0.39, 0.29) is 17.7 Å². The lowest BCUT2D eigenvalue weighted by Gasteiger charge is -2.11. The van der Waals surface area contributed by atoms with Gasteiger partial charge in [0.1, 0.15) is 0 Å². The molecule has 2 N–H and O–H groups in total. The predicted octanol–water partition coefficient (Wildman–Crippen LogP) is 4.95. The number of rotatable bonds is 7. The highest BCUT2D eigenvalue weighted by molar-refractivity contribution is 5.93. The average Bonchev–Trinajstić information content (AvgIpc) is 3.46. The summed E-state index contributed by atoms with van der Waals surface area (Å²) in [4.78, 5) is 24.8. The van der Waals surface area contributed by atoms with E-state index in [9.17, 15) is 9.59 Å². The Balaban J connectivity index is 1.35. The SMILES string of the molecule is Cc1nn(-c2ccccc2)c(C)c1/C=C/C(=O)NCc1cccc(NC(=O)C2CCCC2)c1. The van der Waals surface area contributed by atoms with Gasteiger partial charge in [0.2, 0.25) is 11.8 Å². The lowest BCUT2D eigenvalue weighted by Crippen LogP contribution is -2.21. The summed E-state index contributed by atoms with van der Waals surface area (Å²) in [7, 11) is 0. The Hall–Kier alpha value is -3.67. The van der Waals surface area contributed by atoms with E-state index in [2.05, 4.69) is 15.7 Å². The summed E-state index contributed by atoms with van der Waals surface area (Å²) in [6.45, 7) is 4.32. The molecule has 1 aromatic heterocycles. The quantitative estimate of drug-likeness (QED) is 0.509. The highest BCUT2D eigenvalue weighted by Gasteiger charge is 2.22. The van der Waals surface area contributed by atoms with Crippen LogP contribution in [0.1, 0.15) is 48.2 Å². The zero-order valence-electron chi connectivity index (χ0n) is 19.2. The third-order valence-electron chi connectivity index (χ3n) is 6.14. The van der Waals surface area contributed by atoms with Crippen molar-refractivity contribution in [1.82, 2.24) is 15.1 Å². The van der Waals surface area contributed by atoms with Crippen LogP contribution in [0.25, 0.3) is 11.8 Å². The van der Waals surface area contributed by atoms with Crippen molar-refractivity contribution in [2.45, 2.75) is 46.1 Å². The van der Waals surface area contributed by atoms with E-state index in [4.69, 9.17) is 0 Å². The van der Waals surface area contributed by atoms with Gasteiger partial charge in [-0.15, -0.1) is 0 Å². The van der Waals surface area contributed by atoms with Crippen LogP contribution in [-0.4, -0.2) is 21.6 Å². The van der Waals surface area contributed by atoms with Gasteiger partial charge in [0.25, 0.3) is 0 Å². The second-order valence-corrected chi connectivity index (χ2v) is 8.55. The first-order valence-corrected chi connectivity index (χ1v) is 11.5. The van der Waals surface area contributed by atoms with Crippen LogP contribution in [0.4, 0.5) is 5.69 Å². The fourth-order valence-electron chi connectivity index (χ4n) is 4.32. The van der Waals surface area contributed by atoms with Crippen LogP contribution in [0.3, 0.4) is 0 Å². The second kappa shape index (κ2) is 10.3. The first kappa shape index (κ1) is 22.5. The van der Waals surface area contributed by atoms with Gasteiger partial charge in [0.15, 0.2) is 0 Å². The van der Waals surface area contributed by atoms with Crippen LogP contribution >= 0.6 is 0 Å². The Kier molecular flexibility index (Phi) is 7.03. The highest BCUT2D eigenvalue weighted by Crippen LogP contribution is 2.26. The van der Waals surface area contributed by atoms with Gasteiger partial charge in [0, 0.05) is 35.5 Å². The minimum Gasteiger partial charge on any atom is -0.348 e. The summed E-state index contributed by atoms with van der Waals surface area (Å²) in [6, 6.07) is 17.6. The summed E-state index contributed by atoms with van der Waals surface area (Å²) in [5.74, 6) is 0.0386. The summed E-state index contributed by atoms with van der Waals surface area (Å²) in [5.41, 5.74) is 5.48. The maximum absolute atomic E-state index is 12.4. The molecule has 0 atom stereocenters. The molecule has 33 heavy (non-hydrogen) atoms. The van der Waals surface area contributed by atoms with Crippen LogP contribution in [0.5, 0.6) is 0 Å². The van der Waals surface area contributed by atoms with Gasteiger partial charge < -0.3 is 10.6 Å². The fraction of sp³-hybridized carbons (Fsp3) is 0.296. The molecule has 6 nitrogen and oxygen atoms in total. The molecule has 1 fully saturated rings. The smallest absolute Gasteiger partial charge is 0.244 e. The normalized spacial score (nSPS) is 14.0. The van der Waals surface area contributed by atoms with Crippen LogP contribution in [0.15, 0.2) is 60.7 Å². The minimum atomic E-state index is -0.179. The zero-order valence-corrected chi connectivity index (χ0v) is 19.2. The van der Waals surface area contributed by atoms with E-state index in [1.54, 1.807) is 0 Å². The Bertz CT molecular complexity index is 1160. The molecule has 0 bridgehead atoms. The van der Waals surface area contributed by atoms with Gasteiger partial charge in [0.05, 0.1) is 11.4 Å². The maximum atomic E-state index is 12.4. The molecule has 0 spiro atoms. The molecular weight excluding hydrogens is 412 g/mol. The summed E-state index contributed by atoms with van der Waals surface area (Å²) in [5, 5.41) is 10.5. The van der Waals surface area contributed by atoms with Crippen molar-refractivity contribution in [3.8, 4) is 5.69 Å². The molecule has 1 saturated carbocycles. The van der Waals surface area contributed by atoms with Crippen molar-refractivity contribution in [3.05, 3.63) is 83.2 Å². The standard InChI is InChI=1S/C27H30N4O2/c1-19-25(20(2)31(30-19)24-13-4-3-5-14-24)15-16-26(32)28-18-21-9-8-12-23(17-21)29-27(33)22-10-6-7-11-22/h3-5,8-9,12-17,22H,6-7,10-11,18H2,1-2H3,(H,28,32)(H,29,33)/b16-15+.